The monoisotopic (exact) mass is 619 g/mol. The maximum Gasteiger partial charge on any atom is 0.315 e. The molecule has 1 saturated heterocycles. The van der Waals surface area contributed by atoms with Gasteiger partial charge in [-0.2, -0.15) is 0 Å². The molecule has 0 bridgehead atoms. The van der Waals surface area contributed by atoms with Gasteiger partial charge in [-0.1, -0.05) is 66.7 Å². The third-order valence-electron chi connectivity index (χ3n) is 11.0. The largest absolute Gasteiger partial charge is 0.382 e. The van der Waals surface area contributed by atoms with Gasteiger partial charge in [0.15, 0.2) is 0 Å². The zero-order valence-electron chi connectivity index (χ0n) is 27.9. The molecule has 4 amide bonds. The normalized spacial score (nSPS) is 28.8. The second kappa shape index (κ2) is 13.2. The molecule has 0 spiro atoms. The number of ketones is 1. The van der Waals surface area contributed by atoms with Crippen LogP contribution in [-0.2, 0) is 19.1 Å². The Morgan fingerprint density at radius 3 is 2.27 bits per heavy atom. The van der Waals surface area contributed by atoms with Gasteiger partial charge in [-0.25, -0.2) is 4.79 Å². The molecule has 4 aliphatic rings. The molecule has 1 heterocycles. The number of methoxy groups -OCH3 is 1. The first-order valence-corrected chi connectivity index (χ1v) is 16.7. The number of nitrogens with two attached hydrogens (primary N) is 1. The van der Waals surface area contributed by atoms with Crippen molar-refractivity contribution < 1.29 is 29.0 Å². The van der Waals surface area contributed by atoms with Gasteiger partial charge in [-0.15, -0.1) is 0 Å². The summed E-state index contributed by atoms with van der Waals surface area (Å²) in [6.07, 6.45) is 6.50. The lowest BCUT2D eigenvalue weighted by Crippen LogP contribution is -2.64. The van der Waals surface area contributed by atoms with Crippen molar-refractivity contribution in [2.45, 2.75) is 129 Å². The number of carbonyl (C=O) groups excluding carboxylic acids is 4. The first kappa shape index (κ1) is 34.6. The second-order valence-electron chi connectivity index (χ2n) is 15.8. The van der Waals surface area contributed by atoms with Crippen LogP contribution in [0.1, 0.15) is 99.3 Å². The summed E-state index contributed by atoms with van der Waals surface area (Å²) in [6, 6.07) is -2.71. The Balaban J connectivity index is 1.58. The molecule has 7 atom stereocenters. The van der Waals surface area contributed by atoms with Gasteiger partial charge < -0.3 is 31.1 Å². The Hall–Kier alpha value is -2.24. The van der Waals surface area contributed by atoms with Crippen LogP contribution in [0, 0.1) is 34.5 Å². The lowest BCUT2D eigenvalue weighted by Gasteiger charge is -2.44. The summed E-state index contributed by atoms with van der Waals surface area (Å²) in [7, 11) is 1.61. The van der Waals surface area contributed by atoms with Crippen LogP contribution >= 0.6 is 0 Å². The lowest BCUT2D eigenvalue weighted by molar-refractivity contribution is -0.143. The fourth-order valence-corrected chi connectivity index (χ4v) is 8.51. The quantitative estimate of drug-likeness (QED) is 0.139. The van der Waals surface area contributed by atoms with Crippen LogP contribution in [0.15, 0.2) is 0 Å². The molecule has 0 aromatic heterocycles. The molecule has 1 aliphatic heterocycles. The van der Waals surface area contributed by atoms with E-state index in [1.54, 1.807) is 12.0 Å². The summed E-state index contributed by atoms with van der Waals surface area (Å²) >= 11 is 0. The van der Waals surface area contributed by atoms with Crippen LogP contribution in [0.25, 0.3) is 0 Å². The Labute approximate surface area is 263 Å². The van der Waals surface area contributed by atoms with Gasteiger partial charge in [-0.05, 0) is 67.1 Å². The van der Waals surface area contributed by atoms with Crippen molar-refractivity contribution >= 4 is 23.6 Å². The van der Waals surface area contributed by atoms with Crippen molar-refractivity contribution in [3.05, 3.63) is 0 Å². The molecule has 0 radical (unpaired) electrons. The maximum absolute atomic E-state index is 14.6. The zero-order valence-corrected chi connectivity index (χ0v) is 27.9. The highest BCUT2D eigenvalue weighted by molar-refractivity contribution is 6.37. The number of likely N-dealkylation sites (tertiary alicyclic amines) is 1. The maximum atomic E-state index is 14.6. The van der Waals surface area contributed by atoms with Gasteiger partial charge in [0.25, 0.3) is 5.91 Å². The number of ether oxygens (including phenoxy) is 1. The first-order valence-electron chi connectivity index (χ1n) is 16.7. The number of nitrogens with zero attached hydrogens (tertiary/aromatic N) is 1. The zero-order chi connectivity index (χ0) is 32.6. The number of urea groups is 1. The summed E-state index contributed by atoms with van der Waals surface area (Å²) in [6.45, 7) is 13.3. The van der Waals surface area contributed by atoms with Crippen LogP contribution in [-0.4, -0.2) is 83.8 Å². The number of carbonyl (C=O) groups is 4. The molecular weight excluding hydrogens is 562 g/mol. The van der Waals surface area contributed by atoms with Crippen LogP contribution in [0.5, 0.6) is 0 Å². The van der Waals surface area contributed by atoms with Crippen molar-refractivity contribution in [2.24, 2.45) is 40.2 Å². The van der Waals surface area contributed by atoms with E-state index in [2.05, 4.69) is 50.6 Å². The topological polar surface area (TPSA) is 163 Å². The van der Waals surface area contributed by atoms with E-state index in [1.165, 1.54) is 0 Å². The smallest absolute Gasteiger partial charge is 0.315 e. The van der Waals surface area contributed by atoms with Crippen molar-refractivity contribution in [2.75, 3.05) is 20.3 Å². The Kier molecular flexibility index (Phi) is 10.4. The molecular formula is C33H57N5O6. The molecule has 6 N–H and O–H groups in total. The van der Waals surface area contributed by atoms with E-state index in [-0.39, 0.29) is 23.2 Å². The molecule has 250 valence electrons. The molecule has 0 aromatic carbocycles. The molecule has 11 nitrogen and oxygen atoms in total. The number of aliphatic hydroxyl groups excluding tert-OH is 1. The van der Waals surface area contributed by atoms with E-state index in [0.717, 1.165) is 44.9 Å². The van der Waals surface area contributed by atoms with E-state index in [9.17, 15) is 24.3 Å². The van der Waals surface area contributed by atoms with E-state index < -0.39 is 53.0 Å². The minimum absolute atomic E-state index is 0.0175. The van der Waals surface area contributed by atoms with Gasteiger partial charge in [0.05, 0.1) is 24.2 Å². The Morgan fingerprint density at radius 1 is 1.09 bits per heavy atom. The Bertz CT molecular complexity index is 1090. The third-order valence-corrected chi connectivity index (χ3v) is 11.0. The van der Waals surface area contributed by atoms with E-state index in [0.29, 0.717) is 37.8 Å². The highest BCUT2D eigenvalue weighted by atomic mass is 16.5. The second-order valence-corrected chi connectivity index (χ2v) is 15.8. The van der Waals surface area contributed by atoms with Crippen molar-refractivity contribution in [3.8, 4) is 0 Å². The molecule has 3 aliphatic carbocycles. The van der Waals surface area contributed by atoms with Crippen LogP contribution < -0.4 is 21.7 Å². The summed E-state index contributed by atoms with van der Waals surface area (Å²) < 4.78 is 5.44. The molecule has 4 rings (SSSR count). The molecule has 0 aromatic rings. The number of nitrogens with one attached hydrogen (secondary N) is 3. The van der Waals surface area contributed by atoms with E-state index in [4.69, 9.17) is 10.5 Å². The van der Waals surface area contributed by atoms with Gasteiger partial charge in [0, 0.05) is 13.7 Å². The number of hydrogen-bond donors (Lipinski definition) is 5. The number of hydrogen-bond acceptors (Lipinski definition) is 7. The summed E-state index contributed by atoms with van der Waals surface area (Å²) in [5.74, 6) is -1.15. The minimum atomic E-state index is -1.23. The number of primary amides is 1. The van der Waals surface area contributed by atoms with Gasteiger partial charge in [0.2, 0.25) is 11.7 Å². The highest BCUT2D eigenvalue weighted by Gasteiger charge is 2.69. The predicted molar refractivity (Wildman–Crippen MR) is 167 cm³/mol. The van der Waals surface area contributed by atoms with Crippen LogP contribution in [0.3, 0.4) is 0 Å². The molecule has 3 saturated carbocycles. The summed E-state index contributed by atoms with van der Waals surface area (Å²) in [5.41, 5.74) is 4.21. The van der Waals surface area contributed by atoms with Crippen LogP contribution in [0.2, 0.25) is 0 Å². The van der Waals surface area contributed by atoms with Crippen LogP contribution in [0.4, 0.5) is 4.79 Å². The molecule has 4 fully saturated rings. The van der Waals surface area contributed by atoms with Gasteiger partial charge in [0.1, 0.15) is 12.3 Å². The van der Waals surface area contributed by atoms with E-state index in [1.807, 2.05) is 6.92 Å². The first-order chi connectivity index (χ1) is 20.5. The third kappa shape index (κ3) is 7.58. The Morgan fingerprint density at radius 2 is 1.73 bits per heavy atom. The molecule has 44 heavy (non-hydrogen) atoms. The fraction of sp³-hybridized carbons (Fsp3) is 0.879. The fourth-order valence-electron chi connectivity index (χ4n) is 8.51. The molecule has 3 unspecified atom stereocenters. The van der Waals surface area contributed by atoms with E-state index >= 15 is 0 Å². The molecule has 11 heteroatoms. The van der Waals surface area contributed by atoms with Gasteiger partial charge >= 0.3 is 6.03 Å². The number of aliphatic hydroxyl groups is 1. The summed E-state index contributed by atoms with van der Waals surface area (Å²) in [4.78, 5) is 54.5. The lowest BCUT2D eigenvalue weighted by atomic mass is 9.70. The van der Waals surface area contributed by atoms with Gasteiger partial charge in [-0.3, -0.25) is 19.7 Å². The number of fused-ring (bicyclic) bond motifs is 1. The SMILES string of the molecule is COC[C@@](C)(CC(C)C)NC(=O)N[C@H](C(=O)N1C[C@H]2[C@@H](C1C(O)NC(CC1CC1)C(=O)C(N)=O)C2(C)C)C1(C)CCCCC1. The van der Waals surface area contributed by atoms with Crippen molar-refractivity contribution in [1.29, 1.82) is 0 Å². The average Bonchev–Trinajstić information content (AvgIpc) is 3.77. The standard InChI is InChI=1S/C33H57N5O6/c1-19(2)16-33(6,18-44-7)37-30(43)36-26(32(5)13-9-8-10-14-32)29(42)38-17-21-23(31(21,3)4)24(38)28(41)35-22(15-20-11-12-20)25(39)27(34)40/h19-24,26,28,35,41H,8-18H2,1-7H3,(H2,34,40)(H2,36,37,43)/t21-,22?,23-,24?,26+,28?,33+/m0/s1. The number of Topliss-reactive ketones (excluding diaryl/α,β-unsaturated/α-hetero) is 1. The average molecular weight is 620 g/mol. The summed E-state index contributed by atoms with van der Waals surface area (Å²) in [5, 5.41) is 20.9. The number of rotatable bonds is 15. The van der Waals surface area contributed by atoms with Crippen molar-refractivity contribution in [3.63, 3.8) is 0 Å². The van der Waals surface area contributed by atoms with Crippen molar-refractivity contribution in [1.82, 2.24) is 20.9 Å². The number of piperidine rings is 1. The predicted octanol–water partition coefficient (Wildman–Crippen LogP) is 2.69. The number of amides is 4. The highest BCUT2D eigenvalue weighted by Crippen LogP contribution is 2.65. The minimum Gasteiger partial charge on any atom is -0.382 e.